The summed E-state index contributed by atoms with van der Waals surface area (Å²) in [5.41, 5.74) is -0.0163. The molecule has 2 saturated heterocycles. The second kappa shape index (κ2) is 8.55. The van der Waals surface area contributed by atoms with Gasteiger partial charge in [0.15, 0.2) is 0 Å². The van der Waals surface area contributed by atoms with E-state index in [1.165, 1.54) is 4.90 Å². The zero-order valence-corrected chi connectivity index (χ0v) is 16.5. The fourth-order valence-electron chi connectivity index (χ4n) is 4.91. The van der Waals surface area contributed by atoms with Crippen molar-refractivity contribution in [2.75, 3.05) is 31.1 Å². The SMILES string of the molecule is O=C1CC2(CCCC2)CC(=O)N1CCCOC1CCN(c2ncccn2)CC1. The molecule has 0 atom stereocenters. The van der Waals surface area contributed by atoms with Crippen LogP contribution in [0.5, 0.6) is 0 Å². The lowest BCUT2D eigenvalue weighted by atomic mass is 9.76. The first kappa shape index (κ1) is 19.3. The molecule has 1 aromatic rings. The van der Waals surface area contributed by atoms with Crippen LogP contribution in [0.15, 0.2) is 18.5 Å². The Hall–Kier alpha value is -2.02. The third-order valence-corrected chi connectivity index (χ3v) is 6.48. The molecule has 0 aromatic carbocycles. The van der Waals surface area contributed by atoms with Crippen molar-refractivity contribution in [2.45, 2.75) is 63.9 Å². The van der Waals surface area contributed by atoms with Gasteiger partial charge in [-0.1, -0.05) is 12.8 Å². The topological polar surface area (TPSA) is 75.6 Å². The number of aromatic nitrogens is 2. The molecule has 3 aliphatic rings. The van der Waals surface area contributed by atoms with E-state index in [2.05, 4.69) is 14.9 Å². The molecular formula is C21H30N4O3. The summed E-state index contributed by atoms with van der Waals surface area (Å²) >= 11 is 0. The molecule has 0 N–H and O–H groups in total. The van der Waals surface area contributed by atoms with Gasteiger partial charge in [-0.3, -0.25) is 14.5 Å². The molecule has 7 nitrogen and oxygen atoms in total. The quantitative estimate of drug-likeness (QED) is 0.552. The van der Waals surface area contributed by atoms with E-state index >= 15 is 0 Å². The molecule has 1 saturated carbocycles. The fourth-order valence-corrected chi connectivity index (χ4v) is 4.91. The average Bonchev–Trinajstić information content (AvgIpc) is 3.15. The number of hydrogen-bond acceptors (Lipinski definition) is 6. The van der Waals surface area contributed by atoms with Crippen LogP contribution in [0.1, 0.15) is 57.8 Å². The average molecular weight is 386 g/mol. The number of anilines is 1. The molecule has 4 rings (SSSR count). The highest BCUT2D eigenvalue weighted by atomic mass is 16.5. The van der Waals surface area contributed by atoms with E-state index in [0.29, 0.717) is 32.4 Å². The largest absolute Gasteiger partial charge is 0.378 e. The fraction of sp³-hybridized carbons (Fsp3) is 0.714. The predicted molar refractivity (Wildman–Crippen MR) is 105 cm³/mol. The van der Waals surface area contributed by atoms with Crippen LogP contribution in [0.4, 0.5) is 5.95 Å². The van der Waals surface area contributed by atoms with Gasteiger partial charge in [-0.15, -0.1) is 0 Å². The summed E-state index contributed by atoms with van der Waals surface area (Å²) in [6, 6.07) is 1.82. The van der Waals surface area contributed by atoms with Gasteiger partial charge >= 0.3 is 0 Å². The maximum atomic E-state index is 12.5. The summed E-state index contributed by atoms with van der Waals surface area (Å²) in [6.07, 6.45) is 11.9. The molecular weight excluding hydrogens is 356 g/mol. The van der Waals surface area contributed by atoms with Gasteiger partial charge < -0.3 is 9.64 Å². The second-order valence-corrected chi connectivity index (χ2v) is 8.46. The van der Waals surface area contributed by atoms with Crippen LogP contribution in [-0.2, 0) is 14.3 Å². The van der Waals surface area contributed by atoms with E-state index in [9.17, 15) is 9.59 Å². The summed E-state index contributed by atoms with van der Waals surface area (Å²) in [7, 11) is 0. The van der Waals surface area contributed by atoms with Crippen molar-refractivity contribution in [3.63, 3.8) is 0 Å². The first-order valence-electron chi connectivity index (χ1n) is 10.6. The summed E-state index contributed by atoms with van der Waals surface area (Å²) in [5, 5.41) is 0. The highest BCUT2D eigenvalue weighted by molar-refractivity contribution is 5.98. The van der Waals surface area contributed by atoms with E-state index in [1.54, 1.807) is 12.4 Å². The zero-order valence-electron chi connectivity index (χ0n) is 16.5. The summed E-state index contributed by atoms with van der Waals surface area (Å²) in [4.78, 5) is 37.2. The highest BCUT2D eigenvalue weighted by Crippen LogP contribution is 2.46. The van der Waals surface area contributed by atoms with E-state index in [4.69, 9.17) is 4.74 Å². The van der Waals surface area contributed by atoms with Gasteiger partial charge in [-0.25, -0.2) is 9.97 Å². The number of carbonyl (C=O) groups is 2. The van der Waals surface area contributed by atoms with Crippen molar-refractivity contribution in [2.24, 2.45) is 5.41 Å². The Kier molecular flexibility index (Phi) is 5.90. The molecule has 1 spiro atoms. The van der Waals surface area contributed by atoms with Crippen LogP contribution >= 0.6 is 0 Å². The lowest BCUT2D eigenvalue weighted by molar-refractivity contribution is -0.153. The smallest absolute Gasteiger partial charge is 0.229 e. The highest BCUT2D eigenvalue weighted by Gasteiger charge is 2.44. The number of carbonyl (C=O) groups excluding carboxylic acids is 2. The minimum Gasteiger partial charge on any atom is -0.378 e. The lowest BCUT2D eigenvalue weighted by Crippen LogP contribution is -2.47. The second-order valence-electron chi connectivity index (χ2n) is 8.46. The Balaban J connectivity index is 1.16. The minimum atomic E-state index is -0.0163. The monoisotopic (exact) mass is 386 g/mol. The number of nitrogens with zero attached hydrogens (tertiary/aromatic N) is 4. The maximum absolute atomic E-state index is 12.5. The molecule has 7 heteroatoms. The number of likely N-dealkylation sites (tertiary alicyclic amines) is 1. The number of piperidine rings is 2. The van der Waals surface area contributed by atoms with E-state index in [0.717, 1.165) is 57.6 Å². The molecule has 0 bridgehead atoms. The Morgan fingerprint density at radius 2 is 1.68 bits per heavy atom. The Morgan fingerprint density at radius 1 is 1.04 bits per heavy atom. The van der Waals surface area contributed by atoms with Gasteiger partial charge in [0.05, 0.1) is 6.10 Å². The van der Waals surface area contributed by atoms with Crippen molar-refractivity contribution < 1.29 is 14.3 Å². The molecule has 2 aliphatic heterocycles. The van der Waals surface area contributed by atoms with Gasteiger partial charge in [0.1, 0.15) is 0 Å². The van der Waals surface area contributed by atoms with Crippen LogP contribution in [0, 0.1) is 5.41 Å². The molecule has 2 amide bonds. The number of rotatable bonds is 6. The molecule has 1 aliphatic carbocycles. The summed E-state index contributed by atoms with van der Waals surface area (Å²) in [6.45, 7) is 2.86. The molecule has 1 aromatic heterocycles. The normalized spacial score (nSPS) is 23.0. The van der Waals surface area contributed by atoms with Crippen LogP contribution in [0.3, 0.4) is 0 Å². The number of ether oxygens (including phenoxy) is 1. The van der Waals surface area contributed by atoms with Crippen molar-refractivity contribution in [1.29, 1.82) is 0 Å². The Labute approximate surface area is 166 Å². The van der Waals surface area contributed by atoms with Crippen molar-refractivity contribution in [1.82, 2.24) is 14.9 Å². The van der Waals surface area contributed by atoms with E-state index in [-0.39, 0.29) is 23.3 Å². The number of imide groups is 1. The van der Waals surface area contributed by atoms with Gasteiger partial charge in [0.25, 0.3) is 0 Å². The predicted octanol–water partition coefficient (Wildman–Crippen LogP) is 2.56. The number of amides is 2. The molecule has 3 heterocycles. The van der Waals surface area contributed by atoms with Crippen LogP contribution in [0.2, 0.25) is 0 Å². The molecule has 0 radical (unpaired) electrons. The third-order valence-electron chi connectivity index (χ3n) is 6.48. The Bertz CT molecular complexity index is 662. The van der Waals surface area contributed by atoms with Crippen molar-refractivity contribution in [3.8, 4) is 0 Å². The Morgan fingerprint density at radius 3 is 2.32 bits per heavy atom. The zero-order chi connectivity index (χ0) is 19.4. The molecule has 28 heavy (non-hydrogen) atoms. The lowest BCUT2D eigenvalue weighted by Gasteiger charge is -2.37. The standard InChI is InChI=1S/C21H30N4O3/c26-18-15-21(7-1-2-8-21)16-19(27)25(18)11-4-14-28-17-5-12-24(13-6-17)20-22-9-3-10-23-20/h3,9-10,17H,1-2,4-8,11-16H2. The third kappa shape index (κ3) is 4.35. The van der Waals surface area contributed by atoms with Gasteiger partial charge in [0, 0.05) is 51.5 Å². The molecule has 0 unspecified atom stereocenters. The van der Waals surface area contributed by atoms with Crippen LogP contribution < -0.4 is 4.90 Å². The first-order chi connectivity index (χ1) is 13.7. The van der Waals surface area contributed by atoms with Crippen molar-refractivity contribution in [3.05, 3.63) is 18.5 Å². The van der Waals surface area contributed by atoms with Crippen molar-refractivity contribution >= 4 is 17.8 Å². The maximum Gasteiger partial charge on any atom is 0.229 e. The van der Waals surface area contributed by atoms with Crippen LogP contribution in [-0.4, -0.2) is 59.0 Å². The minimum absolute atomic E-state index is 0.0163. The number of hydrogen-bond donors (Lipinski definition) is 0. The summed E-state index contributed by atoms with van der Waals surface area (Å²) in [5.74, 6) is 0.826. The van der Waals surface area contributed by atoms with Gasteiger partial charge in [-0.05, 0) is 43.6 Å². The van der Waals surface area contributed by atoms with E-state index < -0.39 is 0 Å². The summed E-state index contributed by atoms with van der Waals surface area (Å²) < 4.78 is 6.01. The molecule has 152 valence electrons. The van der Waals surface area contributed by atoms with Gasteiger partial charge in [-0.2, -0.15) is 0 Å². The van der Waals surface area contributed by atoms with Gasteiger partial charge in [0.2, 0.25) is 17.8 Å². The van der Waals surface area contributed by atoms with E-state index in [1.807, 2.05) is 6.07 Å². The van der Waals surface area contributed by atoms with Crippen LogP contribution in [0.25, 0.3) is 0 Å². The molecule has 3 fully saturated rings. The first-order valence-corrected chi connectivity index (χ1v) is 10.6.